The number of nitrogens with zero attached hydrogens (tertiary/aromatic N) is 1. The molecule has 29 heavy (non-hydrogen) atoms. The summed E-state index contributed by atoms with van der Waals surface area (Å²) in [7, 11) is 1.56. The topological polar surface area (TPSA) is 67.9 Å². The van der Waals surface area contributed by atoms with Crippen LogP contribution in [-0.4, -0.2) is 50.1 Å². The zero-order chi connectivity index (χ0) is 20.8. The van der Waals surface area contributed by atoms with Crippen LogP contribution in [0.4, 0.5) is 4.39 Å². The van der Waals surface area contributed by atoms with Crippen molar-refractivity contribution < 1.29 is 23.5 Å². The quantitative estimate of drug-likeness (QED) is 0.725. The third-order valence-corrected chi connectivity index (χ3v) is 4.91. The van der Waals surface area contributed by atoms with Crippen molar-refractivity contribution in [2.75, 3.05) is 33.4 Å². The second kappa shape index (κ2) is 9.52. The van der Waals surface area contributed by atoms with E-state index in [9.17, 15) is 14.0 Å². The fraction of sp³-hybridized carbons (Fsp3) is 0.364. The van der Waals surface area contributed by atoms with E-state index in [1.165, 1.54) is 19.1 Å². The van der Waals surface area contributed by atoms with Crippen molar-refractivity contribution in [2.45, 2.75) is 19.4 Å². The first-order valence-electron chi connectivity index (χ1n) is 9.53. The Balaban J connectivity index is 1.84. The molecular formula is C22H25FN2O4. The third kappa shape index (κ3) is 5.12. The third-order valence-electron chi connectivity index (χ3n) is 4.91. The number of ether oxygens (including phenoxy) is 2. The second-order valence-electron chi connectivity index (χ2n) is 6.91. The van der Waals surface area contributed by atoms with Crippen molar-refractivity contribution in [3.63, 3.8) is 0 Å². The molecule has 0 aliphatic carbocycles. The summed E-state index contributed by atoms with van der Waals surface area (Å²) >= 11 is 0. The van der Waals surface area contributed by atoms with E-state index in [1.807, 2.05) is 24.3 Å². The summed E-state index contributed by atoms with van der Waals surface area (Å²) in [6.07, 6.45) is 0.707. The van der Waals surface area contributed by atoms with Crippen LogP contribution >= 0.6 is 0 Å². The highest BCUT2D eigenvalue weighted by Gasteiger charge is 2.31. The van der Waals surface area contributed by atoms with Crippen LogP contribution in [0.1, 0.15) is 29.7 Å². The van der Waals surface area contributed by atoms with Crippen molar-refractivity contribution in [1.29, 1.82) is 0 Å². The molecule has 0 saturated carbocycles. The number of halogens is 1. The molecule has 1 aliphatic rings. The Morgan fingerprint density at radius 3 is 2.79 bits per heavy atom. The summed E-state index contributed by atoms with van der Waals surface area (Å²) in [5, 5.41) is 2.70. The molecule has 0 aromatic heterocycles. The van der Waals surface area contributed by atoms with Gasteiger partial charge in [-0.1, -0.05) is 18.2 Å². The van der Waals surface area contributed by atoms with E-state index in [1.54, 1.807) is 18.1 Å². The minimum atomic E-state index is -0.397. The van der Waals surface area contributed by atoms with Gasteiger partial charge in [-0.05, 0) is 47.4 Å². The number of carbonyl (C=O) groups is 2. The maximum atomic E-state index is 13.9. The molecule has 154 valence electrons. The zero-order valence-electron chi connectivity index (χ0n) is 16.6. The van der Waals surface area contributed by atoms with Crippen LogP contribution in [0.25, 0.3) is 0 Å². The van der Waals surface area contributed by atoms with Crippen LogP contribution in [0.3, 0.4) is 0 Å². The van der Waals surface area contributed by atoms with E-state index in [0.717, 1.165) is 11.1 Å². The van der Waals surface area contributed by atoms with E-state index in [4.69, 9.17) is 9.47 Å². The van der Waals surface area contributed by atoms with Crippen molar-refractivity contribution in [1.82, 2.24) is 10.2 Å². The van der Waals surface area contributed by atoms with Gasteiger partial charge in [0, 0.05) is 27.1 Å². The van der Waals surface area contributed by atoms with Crippen LogP contribution in [0.2, 0.25) is 0 Å². The molecule has 7 heteroatoms. The first-order chi connectivity index (χ1) is 14.0. The van der Waals surface area contributed by atoms with Crippen LogP contribution in [0.15, 0.2) is 42.5 Å². The van der Waals surface area contributed by atoms with Crippen molar-refractivity contribution in [3.05, 3.63) is 65.0 Å². The Bertz CT molecular complexity index is 887. The fourth-order valence-corrected chi connectivity index (χ4v) is 3.55. The smallest absolute Gasteiger partial charge is 0.258 e. The molecule has 0 fully saturated rings. The zero-order valence-corrected chi connectivity index (χ0v) is 16.6. The molecule has 1 heterocycles. The first kappa shape index (κ1) is 20.8. The molecule has 1 unspecified atom stereocenters. The minimum absolute atomic E-state index is 0.0752. The van der Waals surface area contributed by atoms with Gasteiger partial charge in [0.15, 0.2) is 6.61 Å². The summed E-state index contributed by atoms with van der Waals surface area (Å²) in [6.45, 7) is 2.80. The molecule has 1 N–H and O–H groups in total. The molecule has 6 nitrogen and oxygen atoms in total. The Morgan fingerprint density at radius 1 is 1.24 bits per heavy atom. The average molecular weight is 400 g/mol. The van der Waals surface area contributed by atoms with Crippen LogP contribution in [0.5, 0.6) is 5.75 Å². The van der Waals surface area contributed by atoms with Gasteiger partial charge < -0.3 is 19.7 Å². The molecule has 0 saturated heterocycles. The molecule has 0 radical (unpaired) electrons. The molecule has 2 aromatic rings. The van der Waals surface area contributed by atoms with Gasteiger partial charge in [0.25, 0.3) is 5.91 Å². The lowest BCUT2D eigenvalue weighted by Crippen LogP contribution is -2.39. The number of amides is 2. The highest BCUT2D eigenvalue weighted by atomic mass is 19.1. The Kier molecular flexibility index (Phi) is 6.82. The summed E-state index contributed by atoms with van der Waals surface area (Å²) < 4.78 is 24.4. The molecule has 2 aromatic carbocycles. The maximum Gasteiger partial charge on any atom is 0.258 e. The van der Waals surface area contributed by atoms with Crippen LogP contribution < -0.4 is 10.1 Å². The summed E-state index contributed by atoms with van der Waals surface area (Å²) in [6, 6.07) is 11.5. The van der Waals surface area contributed by atoms with Crippen molar-refractivity contribution >= 4 is 11.8 Å². The van der Waals surface area contributed by atoms with Crippen molar-refractivity contribution in [3.8, 4) is 5.75 Å². The molecule has 1 aliphatic heterocycles. The number of rotatable bonds is 7. The summed E-state index contributed by atoms with van der Waals surface area (Å²) in [4.78, 5) is 25.8. The van der Waals surface area contributed by atoms with E-state index >= 15 is 0 Å². The van der Waals surface area contributed by atoms with E-state index in [2.05, 4.69) is 5.32 Å². The predicted molar refractivity (Wildman–Crippen MR) is 106 cm³/mol. The standard InChI is InChI=1S/C22H25FN2O4/c1-15(26)25-10-8-16-6-7-19(29-14-21(27)24-9-11-28-2)13-20(16)22(25)17-4-3-5-18(23)12-17/h3-7,12-13,22H,8-11,14H2,1-2H3,(H,24,27). The molecule has 3 rings (SSSR count). The van der Waals surface area contributed by atoms with Gasteiger partial charge in [0.05, 0.1) is 12.6 Å². The van der Waals surface area contributed by atoms with Gasteiger partial charge in [-0.2, -0.15) is 0 Å². The van der Waals surface area contributed by atoms with Crippen molar-refractivity contribution in [2.24, 2.45) is 0 Å². The summed E-state index contributed by atoms with van der Waals surface area (Å²) in [5.41, 5.74) is 2.67. The molecule has 0 bridgehead atoms. The number of hydrogen-bond acceptors (Lipinski definition) is 4. The van der Waals surface area contributed by atoms with Gasteiger partial charge in [0.1, 0.15) is 11.6 Å². The van der Waals surface area contributed by atoms with Gasteiger partial charge in [-0.15, -0.1) is 0 Å². The lowest BCUT2D eigenvalue weighted by atomic mass is 9.88. The van der Waals surface area contributed by atoms with Gasteiger partial charge in [-0.3, -0.25) is 9.59 Å². The highest BCUT2D eigenvalue weighted by molar-refractivity contribution is 5.77. The number of hydrogen-bond donors (Lipinski definition) is 1. The number of methoxy groups -OCH3 is 1. The summed E-state index contributed by atoms with van der Waals surface area (Å²) in [5.74, 6) is -0.142. The SMILES string of the molecule is COCCNC(=O)COc1ccc2c(c1)C(c1cccc(F)c1)N(C(C)=O)CC2. The Morgan fingerprint density at radius 2 is 2.07 bits per heavy atom. The van der Waals surface area contributed by atoms with E-state index < -0.39 is 6.04 Å². The highest BCUT2D eigenvalue weighted by Crippen LogP contribution is 2.37. The monoisotopic (exact) mass is 400 g/mol. The fourth-order valence-electron chi connectivity index (χ4n) is 3.55. The molecular weight excluding hydrogens is 375 g/mol. The molecule has 2 amide bonds. The Hall–Kier alpha value is -2.93. The molecule has 0 spiro atoms. The average Bonchev–Trinajstić information content (AvgIpc) is 2.71. The number of benzene rings is 2. The number of fused-ring (bicyclic) bond motifs is 1. The predicted octanol–water partition coefficient (Wildman–Crippen LogP) is 2.46. The van der Waals surface area contributed by atoms with Gasteiger partial charge >= 0.3 is 0 Å². The lowest BCUT2D eigenvalue weighted by Gasteiger charge is -2.37. The molecule has 1 atom stereocenters. The van der Waals surface area contributed by atoms with Gasteiger partial charge in [0.2, 0.25) is 5.91 Å². The van der Waals surface area contributed by atoms with Crippen LogP contribution in [0, 0.1) is 5.82 Å². The first-order valence-corrected chi connectivity index (χ1v) is 9.53. The largest absolute Gasteiger partial charge is 0.484 e. The lowest BCUT2D eigenvalue weighted by molar-refractivity contribution is -0.130. The van der Waals surface area contributed by atoms with E-state index in [0.29, 0.717) is 37.4 Å². The van der Waals surface area contributed by atoms with Gasteiger partial charge in [-0.25, -0.2) is 4.39 Å². The second-order valence-corrected chi connectivity index (χ2v) is 6.91. The minimum Gasteiger partial charge on any atom is -0.484 e. The van der Waals surface area contributed by atoms with Crippen LogP contribution in [-0.2, 0) is 20.7 Å². The maximum absolute atomic E-state index is 13.9. The Labute approximate surface area is 169 Å². The normalized spacial score (nSPS) is 15.6. The number of nitrogens with one attached hydrogen (secondary N) is 1. The van der Waals surface area contributed by atoms with E-state index in [-0.39, 0.29) is 24.2 Å². The number of carbonyl (C=O) groups excluding carboxylic acids is 2.